The van der Waals surface area contributed by atoms with E-state index in [0.717, 1.165) is 48.9 Å². The van der Waals surface area contributed by atoms with E-state index in [2.05, 4.69) is 25.3 Å². The van der Waals surface area contributed by atoms with Gasteiger partial charge in [-0.25, -0.2) is 4.98 Å². The molecule has 2 aromatic heterocycles. The summed E-state index contributed by atoms with van der Waals surface area (Å²) in [4.78, 5) is 21.5. The number of nitrogens with zero attached hydrogens (tertiary/aromatic N) is 3. The van der Waals surface area contributed by atoms with Crippen molar-refractivity contribution < 1.29 is 19.0 Å². The number of para-hydroxylation sites is 1. The molecule has 0 spiro atoms. The van der Waals surface area contributed by atoms with Gasteiger partial charge in [0.15, 0.2) is 16.5 Å². The maximum absolute atomic E-state index is 13.2. The van der Waals surface area contributed by atoms with Crippen LogP contribution in [-0.2, 0) is 6.54 Å². The minimum atomic E-state index is -0.290. The summed E-state index contributed by atoms with van der Waals surface area (Å²) >= 11 is 1.63. The molecule has 3 heterocycles. The van der Waals surface area contributed by atoms with Gasteiger partial charge in [0, 0.05) is 61.1 Å². The molecule has 0 saturated carbocycles. The fourth-order valence-electron chi connectivity index (χ4n) is 4.39. The van der Waals surface area contributed by atoms with E-state index in [1.165, 1.54) is 27.0 Å². The molecule has 0 unspecified atom stereocenters. The lowest BCUT2D eigenvalue weighted by Gasteiger charge is -2.26. The maximum atomic E-state index is 13.2. The van der Waals surface area contributed by atoms with Gasteiger partial charge in [-0.2, -0.15) is 0 Å². The Bertz CT molecular complexity index is 1360. The molecule has 11 heteroatoms. The number of halogens is 1. The van der Waals surface area contributed by atoms with Gasteiger partial charge >= 0.3 is 0 Å². The molecule has 2 N–H and O–H groups in total. The zero-order valence-corrected chi connectivity index (χ0v) is 22.6. The Labute approximate surface area is 225 Å². The van der Waals surface area contributed by atoms with Crippen LogP contribution in [0.15, 0.2) is 48.0 Å². The summed E-state index contributed by atoms with van der Waals surface area (Å²) in [6.07, 6.45) is 2.05. The number of amides is 1. The Morgan fingerprint density at radius 3 is 2.46 bits per heavy atom. The molecule has 9 nitrogen and oxygen atoms in total. The van der Waals surface area contributed by atoms with Crippen molar-refractivity contribution in [2.45, 2.75) is 6.54 Å². The van der Waals surface area contributed by atoms with Crippen LogP contribution in [0.4, 0.5) is 5.69 Å². The summed E-state index contributed by atoms with van der Waals surface area (Å²) in [5.74, 6) is 0.983. The molecule has 1 aliphatic rings. The standard InChI is InChI=1S/C26H29N5O4S.ClH/c1-33-22-12-17(13-23(34-2)24(22)35-3)25(32)28-20-7-5-4-6-19(20)21-15-31-18(16-36-26(31)29-21)14-30-10-8-27-9-11-30;/h4-7,12-13,15-16,27H,8-11,14H2,1-3H3,(H,28,32);1H. The smallest absolute Gasteiger partial charge is 0.255 e. The number of rotatable bonds is 8. The highest BCUT2D eigenvalue weighted by molar-refractivity contribution is 7.15. The fraction of sp³-hybridized carbons (Fsp3) is 0.308. The predicted octanol–water partition coefficient (Wildman–Crippen LogP) is 4.17. The summed E-state index contributed by atoms with van der Waals surface area (Å²) in [6, 6.07) is 10.9. The van der Waals surface area contributed by atoms with Gasteiger partial charge in [0.25, 0.3) is 5.91 Å². The summed E-state index contributed by atoms with van der Waals surface area (Å²) in [6.45, 7) is 4.99. The number of anilines is 1. The van der Waals surface area contributed by atoms with Crippen molar-refractivity contribution in [1.82, 2.24) is 19.6 Å². The summed E-state index contributed by atoms with van der Waals surface area (Å²) < 4.78 is 18.3. The number of imidazole rings is 1. The third-order valence-corrected chi connectivity index (χ3v) is 7.15. The van der Waals surface area contributed by atoms with E-state index < -0.39 is 0 Å². The lowest BCUT2D eigenvalue weighted by Crippen LogP contribution is -2.43. The van der Waals surface area contributed by atoms with Crippen LogP contribution in [0.5, 0.6) is 17.2 Å². The summed E-state index contributed by atoms with van der Waals surface area (Å²) in [5, 5.41) is 8.60. The molecule has 1 saturated heterocycles. The number of aromatic nitrogens is 2. The van der Waals surface area contributed by atoms with Gasteiger partial charge < -0.3 is 24.8 Å². The average Bonchev–Trinajstić information content (AvgIpc) is 3.50. The Morgan fingerprint density at radius 1 is 1.08 bits per heavy atom. The Hall–Kier alpha value is -3.31. The maximum Gasteiger partial charge on any atom is 0.255 e. The number of methoxy groups -OCH3 is 3. The molecule has 0 aliphatic carbocycles. The van der Waals surface area contributed by atoms with Crippen LogP contribution in [0, 0.1) is 0 Å². The lowest BCUT2D eigenvalue weighted by molar-refractivity contribution is 0.102. The minimum Gasteiger partial charge on any atom is -0.493 e. The zero-order valence-electron chi connectivity index (χ0n) is 20.9. The first-order chi connectivity index (χ1) is 17.6. The van der Waals surface area contributed by atoms with E-state index in [-0.39, 0.29) is 18.3 Å². The average molecular weight is 544 g/mol. The third kappa shape index (κ3) is 5.52. The third-order valence-electron chi connectivity index (χ3n) is 6.26. The van der Waals surface area contributed by atoms with Crippen LogP contribution in [-0.4, -0.2) is 67.7 Å². The summed E-state index contributed by atoms with van der Waals surface area (Å²) in [7, 11) is 4.57. The second-order valence-corrected chi connectivity index (χ2v) is 9.28. The van der Waals surface area contributed by atoms with Crippen LogP contribution in [0.25, 0.3) is 16.2 Å². The van der Waals surface area contributed by atoms with Gasteiger partial charge in [-0.1, -0.05) is 18.2 Å². The van der Waals surface area contributed by atoms with Gasteiger partial charge in [-0.05, 0) is 18.2 Å². The Morgan fingerprint density at radius 2 is 1.78 bits per heavy atom. The van der Waals surface area contributed by atoms with Crippen LogP contribution in [0.3, 0.4) is 0 Å². The number of carbonyl (C=O) groups excluding carboxylic acids is 1. The highest BCUT2D eigenvalue weighted by atomic mass is 35.5. The van der Waals surface area contributed by atoms with E-state index in [4.69, 9.17) is 19.2 Å². The number of hydrogen-bond donors (Lipinski definition) is 2. The topological polar surface area (TPSA) is 89.4 Å². The first-order valence-corrected chi connectivity index (χ1v) is 12.6. The number of piperazine rings is 1. The van der Waals surface area contributed by atoms with Gasteiger partial charge in [0.05, 0.1) is 32.7 Å². The molecule has 0 radical (unpaired) electrons. The largest absolute Gasteiger partial charge is 0.493 e. The molecular weight excluding hydrogens is 514 g/mol. The molecular formula is C26H30ClN5O4S. The molecule has 4 aromatic rings. The highest BCUT2D eigenvalue weighted by Crippen LogP contribution is 2.38. The predicted molar refractivity (Wildman–Crippen MR) is 148 cm³/mol. The SMILES string of the molecule is COc1cc(C(=O)Nc2ccccc2-c2cn3c(CN4CCNCC4)csc3n2)cc(OC)c1OC.Cl. The van der Waals surface area contributed by atoms with E-state index >= 15 is 0 Å². The zero-order chi connectivity index (χ0) is 25.1. The monoisotopic (exact) mass is 543 g/mol. The number of nitrogens with one attached hydrogen (secondary N) is 2. The number of ether oxygens (including phenoxy) is 3. The van der Waals surface area contributed by atoms with Gasteiger partial charge in [-0.15, -0.1) is 23.7 Å². The van der Waals surface area contributed by atoms with E-state index in [9.17, 15) is 4.79 Å². The molecule has 1 amide bonds. The van der Waals surface area contributed by atoms with Gasteiger partial charge in [-0.3, -0.25) is 14.1 Å². The number of thiazole rings is 1. The number of fused-ring (bicyclic) bond motifs is 1. The number of benzene rings is 2. The summed E-state index contributed by atoms with van der Waals surface area (Å²) in [5.41, 5.74) is 3.94. The molecule has 37 heavy (non-hydrogen) atoms. The van der Waals surface area contributed by atoms with Crippen LogP contribution in [0.2, 0.25) is 0 Å². The molecule has 196 valence electrons. The second kappa shape index (κ2) is 11.8. The Balaban J connectivity index is 0.00000320. The quantitative estimate of drug-likeness (QED) is 0.345. The molecule has 1 fully saturated rings. The molecule has 1 aliphatic heterocycles. The second-order valence-electron chi connectivity index (χ2n) is 8.45. The molecule has 5 rings (SSSR count). The highest BCUT2D eigenvalue weighted by Gasteiger charge is 2.20. The van der Waals surface area contributed by atoms with Crippen LogP contribution in [0.1, 0.15) is 16.1 Å². The van der Waals surface area contributed by atoms with Crippen molar-refractivity contribution in [3.05, 3.63) is 59.2 Å². The first kappa shape index (κ1) is 26.7. The fourth-order valence-corrected chi connectivity index (χ4v) is 5.26. The van der Waals surface area contributed by atoms with Crippen molar-refractivity contribution in [2.24, 2.45) is 0 Å². The van der Waals surface area contributed by atoms with Crippen molar-refractivity contribution in [3.8, 4) is 28.5 Å². The number of carbonyl (C=O) groups is 1. The lowest BCUT2D eigenvalue weighted by atomic mass is 10.1. The Kier molecular flexibility index (Phi) is 8.55. The normalized spacial score (nSPS) is 13.7. The minimum absolute atomic E-state index is 0. The van der Waals surface area contributed by atoms with E-state index in [1.807, 2.05) is 30.5 Å². The van der Waals surface area contributed by atoms with Crippen molar-refractivity contribution in [2.75, 3.05) is 52.8 Å². The van der Waals surface area contributed by atoms with Gasteiger partial charge in [0.2, 0.25) is 5.75 Å². The molecule has 2 aromatic carbocycles. The van der Waals surface area contributed by atoms with Crippen LogP contribution >= 0.6 is 23.7 Å². The van der Waals surface area contributed by atoms with Crippen molar-refractivity contribution >= 4 is 40.3 Å². The van der Waals surface area contributed by atoms with E-state index in [1.54, 1.807) is 23.5 Å². The van der Waals surface area contributed by atoms with Crippen molar-refractivity contribution in [1.29, 1.82) is 0 Å². The van der Waals surface area contributed by atoms with Crippen molar-refractivity contribution in [3.63, 3.8) is 0 Å². The number of hydrogen-bond acceptors (Lipinski definition) is 8. The van der Waals surface area contributed by atoms with Gasteiger partial charge in [0.1, 0.15) is 0 Å². The van der Waals surface area contributed by atoms with E-state index in [0.29, 0.717) is 28.5 Å². The first-order valence-electron chi connectivity index (χ1n) is 11.7. The van der Waals surface area contributed by atoms with Crippen LogP contribution < -0.4 is 24.8 Å². The molecule has 0 atom stereocenters. The molecule has 0 bridgehead atoms.